The summed E-state index contributed by atoms with van der Waals surface area (Å²) in [6.07, 6.45) is 2.17. The highest BCUT2D eigenvalue weighted by Crippen LogP contribution is 2.19. The van der Waals surface area contributed by atoms with Crippen molar-refractivity contribution in [1.29, 1.82) is 0 Å². The van der Waals surface area contributed by atoms with Crippen LogP contribution in [0.5, 0.6) is 0 Å². The quantitative estimate of drug-likeness (QED) is 0.868. The van der Waals surface area contributed by atoms with E-state index in [0.717, 1.165) is 11.3 Å². The summed E-state index contributed by atoms with van der Waals surface area (Å²) in [6, 6.07) is 8.10. The molecule has 0 fully saturated rings. The van der Waals surface area contributed by atoms with Gasteiger partial charge in [0.1, 0.15) is 5.82 Å². The Bertz CT molecular complexity index is 560. The molecule has 4 heteroatoms. The van der Waals surface area contributed by atoms with Crippen LogP contribution in [-0.4, -0.2) is 21.0 Å². The molecule has 4 nitrogen and oxygen atoms in total. The zero-order chi connectivity index (χ0) is 13.1. The minimum absolute atomic E-state index is 0.418. The van der Waals surface area contributed by atoms with Gasteiger partial charge in [0.05, 0.1) is 17.8 Å². The van der Waals surface area contributed by atoms with Crippen molar-refractivity contribution in [3.05, 3.63) is 41.9 Å². The first kappa shape index (κ1) is 12.4. The van der Waals surface area contributed by atoms with Crippen molar-refractivity contribution < 1.29 is 9.90 Å². The number of aromatic amines is 1. The van der Waals surface area contributed by atoms with E-state index in [9.17, 15) is 4.79 Å². The average Bonchev–Trinajstić information content (AvgIpc) is 2.77. The SMILES string of the molecule is Cc1cccc(-c2cnc(CC(C)C(=O)O)[nH]2)c1. The maximum absolute atomic E-state index is 10.8. The number of carboxylic acids is 1. The molecular formula is C14H16N2O2. The number of rotatable bonds is 4. The van der Waals surface area contributed by atoms with Gasteiger partial charge in [0.25, 0.3) is 0 Å². The van der Waals surface area contributed by atoms with Crippen LogP contribution in [0.15, 0.2) is 30.5 Å². The summed E-state index contributed by atoms with van der Waals surface area (Å²) in [5.41, 5.74) is 3.17. The number of hydrogen-bond acceptors (Lipinski definition) is 2. The molecule has 2 N–H and O–H groups in total. The van der Waals surface area contributed by atoms with Crippen molar-refractivity contribution in [2.75, 3.05) is 0 Å². The molecule has 1 aromatic carbocycles. The van der Waals surface area contributed by atoms with Gasteiger partial charge in [0, 0.05) is 6.42 Å². The Morgan fingerprint density at radius 3 is 2.94 bits per heavy atom. The van der Waals surface area contributed by atoms with Gasteiger partial charge in [-0.3, -0.25) is 4.79 Å². The maximum Gasteiger partial charge on any atom is 0.306 e. The topological polar surface area (TPSA) is 66.0 Å². The number of aliphatic carboxylic acids is 1. The van der Waals surface area contributed by atoms with Gasteiger partial charge in [-0.05, 0) is 18.6 Å². The number of hydrogen-bond donors (Lipinski definition) is 2. The minimum Gasteiger partial charge on any atom is -0.481 e. The second kappa shape index (κ2) is 5.04. The van der Waals surface area contributed by atoms with Crippen LogP contribution in [0.3, 0.4) is 0 Å². The number of H-pyrrole nitrogens is 1. The van der Waals surface area contributed by atoms with Crippen molar-refractivity contribution in [3.8, 4) is 11.3 Å². The number of aromatic nitrogens is 2. The molecule has 2 aromatic rings. The lowest BCUT2D eigenvalue weighted by Gasteiger charge is -2.02. The minimum atomic E-state index is -0.802. The van der Waals surface area contributed by atoms with Gasteiger partial charge in [-0.1, -0.05) is 30.7 Å². The fourth-order valence-electron chi connectivity index (χ4n) is 1.80. The van der Waals surface area contributed by atoms with Gasteiger partial charge in [-0.2, -0.15) is 0 Å². The maximum atomic E-state index is 10.8. The lowest BCUT2D eigenvalue weighted by atomic mass is 10.1. The highest BCUT2D eigenvalue weighted by molar-refractivity contribution is 5.69. The Morgan fingerprint density at radius 1 is 1.50 bits per heavy atom. The number of nitrogens with zero attached hydrogens (tertiary/aromatic N) is 1. The monoisotopic (exact) mass is 244 g/mol. The van der Waals surface area contributed by atoms with Crippen LogP contribution in [0.1, 0.15) is 18.3 Å². The predicted molar refractivity (Wildman–Crippen MR) is 69.3 cm³/mol. The van der Waals surface area contributed by atoms with E-state index < -0.39 is 11.9 Å². The lowest BCUT2D eigenvalue weighted by Crippen LogP contribution is -2.12. The molecule has 94 valence electrons. The Balaban J connectivity index is 2.18. The summed E-state index contributed by atoms with van der Waals surface area (Å²) >= 11 is 0. The third-order valence-corrected chi connectivity index (χ3v) is 2.88. The number of aryl methyl sites for hydroxylation is 1. The molecule has 1 heterocycles. The third kappa shape index (κ3) is 2.77. The van der Waals surface area contributed by atoms with E-state index in [1.807, 2.05) is 25.1 Å². The summed E-state index contributed by atoms with van der Waals surface area (Å²) < 4.78 is 0. The summed E-state index contributed by atoms with van der Waals surface area (Å²) in [6.45, 7) is 3.71. The normalized spacial score (nSPS) is 12.3. The molecule has 1 unspecified atom stereocenters. The number of nitrogens with one attached hydrogen (secondary N) is 1. The first-order chi connectivity index (χ1) is 8.56. The Morgan fingerprint density at radius 2 is 2.28 bits per heavy atom. The van der Waals surface area contributed by atoms with Gasteiger partial charge in [0.15, 0.2) is 0 Å². The van der Waals surface area contributed by atoms with Crippen molar-refractivity contribution in [2.45, 2.75) is 20.3 Å². The van der Waals surface area contributed by atoms with Crippen LogP contribution >= 0.6 is 0 Å². The molecule has 1 aromatic heterocycles. The first-order valence-corrected chi connectivity index (χ1v) is 5.90. The van der Waals surface area contributed by atoms with E-state index in [-0.39, 0.29) is 0 Å². The van der Waals surface area contributed by atoms with E-state index >= 15 is 0 Å². The molecule has 0 amide bonds. The third-order valence-electron chi connectivity index (χ3n) is 2.88. The van der Waals surface area contributed by atoms with E-state index in [1.165, 1.54) is 5.56 Å². The fourth-order valence-corrected chi connectivity index (χ4v) is 1.80. The summed E-state index contributed by atoms with van der Waals surface area (Å²) in [5.74, 6) is -0.522. The van der Waals surface area contributed by atoms with E-state index in [0.29, 0.717) is 12.2 Å². The second-order valence-electron chi connectivity index (χ2n) is 4.56. The largest absolute Gasteiger partial charge is 0.481 e. The number of imidazole rings is 1. The molecule has 0 aliphatic carbocycles. The zero-order valence-corrected chi connectivity index (χ0v) is 10.5. The summed E-state index contributed by atoms with van der Waals surface area (Å²) in [7, 11) is 0. The Kier molecular flexibility index (Phi) is 3.46. The van der Waals surface area contributed by atoms with Gasteiger partial charge < -0.3 is 10.1 Å². The van der Waals surface area contributed by atoms with E-state index in [4.69, 9.17) is 5.11 Å². The van der Waals surface area contributed by atoms with Crippen molar-refractivity contribution in [1.82, 2.24) is 9.97 Å². The smallest absolute Gasteiger partial charge is 0.306 e. The van der Waals surface area contributed by atoms with Crippen LogP contribution in [-0.2, 0) is 11.2 Å². The summed E-state index contributed by atoms with van der Waals surface area (Å²) in [4.78, 5) is 18.2. The van der Waals surface area contributed by atoms with Crippen LogP contribution < -0.4 is 0 Å². The van der Waals surface area contributed by atoms with E-state index in [2.05, 4.69) is 16.0 Å². The second-order valence-corrected chi connectivity index (χ2v) is 4.56. The van der Waals surface area contributed by atoms with Crippen molar-refractivity contribution in [3.63, 3.8) is 0 Å². The first-order valence-electron chi connectivity index (χ1n) is 5.90. The van der Waals surface area contributed by atoms with Crippen LogP contribution in [0.25, 0.3) is 11.3 Å². The average molecular weight is 244 g/mol. The molecule has 18 heavy (non-hydrogen) atoms. The number of carboxylic acid groups (broad SMARTS) is 1. The van der Waals surface area contributed by atoms with Crippen LogP contribution in [0, 0.1) is 12.8 Å². The fraction of sp³-hybridized carbons (Fsp3) is 0.286. The van der Waals surface area contributed by atoms with Gasteiger partial charge >= 0.3 is 5.97 Å². The molecule has 1 atom stereocenters. The Labute approximate surface area is 106 Å². The molecule has 0 radical (unpaired) electrons. The molecular weight excluding hydrogens is 228 g/mol. The van der Waals surface area contributed by atoms with Gasteiger partial charge in [-0.25, -0.2) is 4.98 Å². The lowest BCUT2D eigenvalue weighted by molar-refractivity contribution is -0.141. The molecule has 0 saturated carbocycles. The number of benzene rings is 1. The van der Waals surface area contributed by atoms with E-state index in [1.54, 1.807) is 13.1 Å². The predicted octanol–water partition coefficient (Wildman–Crippen LogP) is 2.65. The molecule has 0 bridgehead atoms. The van der Waals surface area contributed by atoms with Crippen molar-refractivity contribution in [2.24, 2.45) is 5.92 Å². The highest BCUT2D eigenvalue weighted by Gasteiger charge is 2.13. The molecule has 0 aliphatic rings. The standard InChI is InChI=1S/C14H16N2O2/c1-9-4-3-5-11(6-9)12-8-15-13(16-12)7-10(2)14(17)18/h3-6,8,10H,7H2,1-2H3,(H,15,16)(H,17,18). The van der Waals surface area contributed by atoms with Crippen LogP contribution in [0.2, 0.25) is 0 Å². The molecule has 0 saturated heterocycles. The molecule has 2 rings (SSSR count). The van der Waals surface area contributed by atoms with Crippen molar-refractivity contribution >= 4 is 5.97 Å². The van der Waals surface area contributed by atoms with Gasteiger partial charge in [0.2, 0.25) is 0 Å². The Hall–Kier alpha value is -2.10. The molecule has 0 aliphatic heterocycles. The van der Waals surface area contributed by atoms with Crippen LogP contribution in [0.4, 0.5) is 0 Å². The molecule has 0 spiro atoms. The van der Waals surface area contributed by atoms with Gasteiger partial charge in [-0.15, -0.1) is 0 Å². The highest BCUT2D eigenvalue weighted by atomic mass is 16.4. The number of carbonyl (C=O) groups is 1. The summed E-state index contributed by atoms with van der Waals surface area (Å²) in [5, 5.41) is 8.86. The zero-order valence-electron chi connectivity index (χ0n) is 10.5.